The van der Waals surface area contributed by atoms with Crippen LogP contribution in [0.5, 0.6) is 11.5 Å². The van der Waals surface area contributed by atoms with Crippen molar-refractivity contribution in [2.24, 2.45) is 7.05 Å². The van der Waals surface area contributed by atoms with E-state index >= 15 is 0 Å². The lowest BCUT2D eigenvalue weighted by Crippen LogP contribution is -2.21. The highest BCUT2D eigenvalue weighted by Gasteiger charge is 2.20. The van der Waals surface area contributed by atoms with Crippen molar-refractivity contribution in [3.63, 3.8) is 0 Å². The predicted molar refractivity (Wildman–Crippen MR) is 81.4 cm³/mol. The van der Waals surface area contributed by atoms with Crippen LogP contribution in [0.25, 0.3) is 0 Å². The summed E-state index contributed by atoms with van der Waals surface area (Å²) in [4.78, 5) is 0. The number of aromatic nitrogens is 2. The zero-order valence-electron chi connectivity index (χ0n) is 12.0. The Labute approximate surface area is 127 Å². The monoisotopic (exact) mass is 339 g/mol. The van der Waals surface area contributed by atoms with Gasteiger partial charge in [-0.2, -0.15) is 5.10 Å². The van der Waals surface area contributed by atoms with Crippen molar-refractivity contribution in [1.29, 1.82) is 0 Å². The van der Waals surface area contributed by atoms with E-state index in [9.17, 15) is 0 Å². The van der Waals surface area contributed by atoms with Crippen LogP contribution in [0.4, 0.5) is 0 Å². The number of hydrogen-bond donors (Lipinski definition) is 1. The van der Waals surface area contributed by atoms with Crippen LogP contribution in [-0.4, -0.2) is 31.0 Å². The molecule has 0 aliphatic rings. The molecule has 0 fully saturated rings. The molecule has 0 amide bonds. The molecule has 0 spiro atoms. The Kier molecular flexibility index (Phi) is 4.67. The first-order valence-corrected chi connectivity index (χ1v) is 6.98. The molecule has 1 heterocycles. The fourth-order valence-corrected chi connectivity index (χ4v) is 2.82. The van der Waals surface area contributed by atoms with Gasteiger partial charge in [-0.1, -0.05) is 6.07 Å². The third-order valence-corrected chi connectivity index (χ3v) is 3.85. The standard InChI is InChI=1S/C14H18BrN3O2/c1-16-13(14-10(15)8-17-18(14)2)9-5-6-11(19-3)12(7-9)20-4/h5-8,13,16H,1-4H3. The molecule has 0 saturated heterocycles. The van der Waals surface area contributed by atoms with Crippen molar-refractivity contribution < 1.29 is 9.47 Å². The first-order valence-electron chi connectivity index (χ1n) is 6.19. The molecule has 0 aliphatic carbocycles. The summed E-state index contributed by atoms with van der Waals surface area (Å²) in [5.41, 5.74) is 2.13. The quantitative estimate of drug-likeness (QED) is 0.909. The van der Waals surface area contributed by atoms with E-state index in [2.05, 4.69) is 26.3 Å². The molecule has 1 unspecified atom stereocenters. The van der Waals surface area contributed by atoms with Crippen LogP contribution in [0.3, 0.4) is 0 Å². The Morgan fingerprint density at radius 3 is 2.45 bits per heavy atom. The lowest BCUT2D eigenvalue weighted by molar-refractivity contribution is 0.354. The van der Waals surface area contributed by atoms with E-state index in [0.29, 0.717) is 5.75 Å². The summed E-state index contributed by atoms with van der Waals surface area (Å²) >= 11 is 3.54. The van der Waals surface area contributed by atoms with E-state index in [1.165, 1.54) is 0 Å². The van der Waals surface area contributed by atoms with Gasteiger partial charge < -0.3 is 14.8 Å². The Balaban J connectivity index is 2.47. The first-order chi connectivity index (χ1) is 9.62. The van der Waals surface area contributed by atoms with Gasteiger partial charge in [0.15, 0.2) is 11.5 Å². The smallest absolute Gasteiger partial charge is 0.161 e. The average molecular weight is 340 g/mol. The number of methoxy groups -OCH3 is 2. The van der Waals surface area contributed by atoms with Crippen molar-refractivity contribution in [1.82, 2.24) is 15.1 Å². The molecule has 0 aliphatic heterocycles. The first kappa shape index (κ1) is 14.9. The molecule has 0 bridgehead atoms. The largest absolute Gasteiger partial charge is 0.493 e. The van der Waals surface area contributed by atoms with Crippen LogP contribution >= 0.6 is 15.9 Å². The lowest BCUT2D eigenvalue weighted by atomic mass is 10.0. The third-order valence-electron chi connectivity index (χ3n) is 3.24. The van der Waals surface area contributed by atoms with Gasteiger partial charge in [0.25, 0.3) is 0 Å². The minimum absolute atomic E-state index is 0.0108. The number of benzene rings is 1. The van der Waals surface area contributed by atoms with Gasteiger partial charge >= 0.3 is 0 Å². The van der Waals surface area contributed by atoms with Crippen molar-refractivity contribution in [3.05, 3.63) is 40.1 Å². The van der Waals surface area contributed by atoms with Crippen LogP contribution in [0.1, 0.15) is 17.3 Å². The molecule has 0 radical (unpaired) electrons. The van der Waals surface area contributed by atoms with Crippen molar-refractivity contribution in [3.8, 4) is 11.5 Å². The van der Waals surface area contributed by atoms with E-state index in [4.69, 9.17) is 9.47 Å². The Morgan fingerprint density at radius 2 is 1.95 bits per heavy atom. The van der Waals surface area contributed by atoms with Gasteiger partial charge in [-0.05, 0) is 40.7 Å². The second kappa shape index (κ2) is 6.28. The number of nitrogens with one attached hydrogen (secondary N) is 1. The molecule has 5 nitrogen and oxygen atoms in total. The van der Waals surface area contributed by atoms with Crippen LogP contribution in [0, 0.1) is 0 Å². The fraction of sp³-hybridized carbons (Fsp3) is 0.357. The summed E-state index contributed by atoms with van der Waals surface area (Å²) in [6.07, 6.45) is 1.79. The molecular formula is C14H18BrN3O2. The topological polar surface area (TPSA) is 48.3 Å². The fourth-order valence-electron chi connectivity index (χ4n) is 2.24. The maximum Gasteiger partial charge on any atom is 0.161 e. The molecule has 1 atom stereocenters. The minimum atomic E-state index is 0.0108. The number of ether oxygens (including phenoxy) is 2. The number of halogens is 1. The highest BCUT2D eigenvalue weighted by molar-refractivity contribution is 9.10. The lowest BCUT2D eigenvalue weighted by Gasteiger charge is -2.19. The molecular weight excluding hydrogens is 322 g/mol. The Morgan fingerprint density at radius 1 is 1.25 bits per heavy atom. The van der Waals surface area contributed by atoms with Gasteiger partial charge in [-0.3, -0.25) is 4.68 Å². The SMILES string of the molecule is CNC(c1ccc(OC)c(OC)c1)c1c(Br)cnn1C. The molecule has 2 rings (SSSR count). The van der Waals surface area contributed by atoms with Gasteiger partial charge in [0, 0.05) is 7.05 Å². The van der Waals surface area contributed by atoms with Gasteiger partial charge in [0.1, 0.15) is 0 Å². The molecule has 6 heteroatoms. The Bertz CT molecular complexity index is 579. The maximum absolute atomic E-state index is 5.36. The summed E-state index contributed by atoms with van der Waals surface area (Å²) in [6, 6.07) is 5.90. The summed E-state index contributed by atoms with van der Waals surface area (Å²) in [7, 11) is 7.10. The minimum Gasteiger partial charge on any atom is -0.493 e. The van der Waals surface area contributed by atoms with Crippen LogP contribution in [-0.2, 0) is 7.05 Å². The zero-order valence-corrected chi connectivity index (χ0v) is 13.6. The molecule has 20 heavy (non-hydrogen) atoms. The van der Waals surface area contributed by atoms with Crippen molar-refractivity contribution in [2.45, 2.75) is 6.04 Å². The summed E-state index contributed by atoms with van der Waals surface area (Å²) in [6.45, 7) is 0. The van der Waals surface area contributed by atoms with Gasteiger partial charge in [0.2, 0.25) is 0 Å². The number of hydrogen-bond acceptors (Lipinski definition) is 4. The zero-order chi connectivity index (χ0) is 14.7. The van der Waals surface area contributed by atoms with Crippen LogP contribution in [0.2, 0.25) is 0 Å². The van der Waals surface area contributed by atoms with Crippen LogP contribution < -0.4 is 14.8 Å². The van der Waals surface area contributed by atoms with E-state index in [-0.39, 0.29) is 6.04 Å². The molecule has 1 N–H and O–H groups in total. The molecule has 0 saturated carbocycles. The van der Waals surface area contributed by atoms with Gasteiger partial charge in [-0.25, -0.2) is 0 Å². The van der Waals surface area contributed by atoms with E-state index < -0.39 is 0 Å². The summed E-state index contributed by atoms with van der Waals surface area (Å²) in [5.74, 6) is 1.43. The second-order valence-corrected chi connectivity index (χ2v) is 5.19. The van der Waals surface area contributed by atoms with E-state index in [1.54, 1.807) is 20.4 Å². The molecule has 1 aromatic heterocycles. The highest BCUT2D eigenvalue weighted by atomic mass is 79.9. The Hall–Kier alpha value is -1.53. The van der Waals surface area contributed by atoms with Gasteiger partial charge in [0.05, 0.1) is 36.6 Å². The predicted octanol–water partition coefficient (Wildman–Crippen LogP) is 2.51. The maximum atomic E-state index is 5.36. The van der Waals surface area contributed by atoms with Gasteiger partial charge in [-0.15, -0.1) is 0 Å². The van der Waals surface area contributed by atoms with Crippen LogP contribution in [0.15, 0.2) is 28.9 Å². The summed E-state index contributed by atoms with van der Waals surface area (Å²) < 4.78 is 13.4. The number of aryl methyl sites for hydroxylation is 1. The van der Waals surface area contributed by atoms with E-state index in [1.807, 2.05) is 37.0 Å². The second-order valence-electron chi connectivity index (χ2n) is 4.34. The molecule has 2 aromatic rings. The summed E-state index contributed by atoms with van der Waals surface area (Å²) in [5, 5.41) is 7.56. The average Bonchev–Trinajstić information content (AvgIpc) is 2.80. The molecule has 1 aromatic carbocycles. The molecule has 108 valence electrons. The number of rotatable bonds is 5. The van der Waals surface area contributed by atoms with Crippen molar-refractivity contribution >= 4 is 15.9 Å². The number of nitrogens with zero attached hydrogens (tertiary/aromatic N) is 2. The normalized spacial score (nSPS) is 12.2. The van der Waals surface area contributed by atoms with Crippen molar-refractivity contribution in [2.75, 3.05) is 21.3 Å². The van der Waals surface area contributed by atoms with E-state index in [0.717, 1.165) is 21.5 Å². The third kappa shape index (κ3) is 2.66. The highest BCUT2D eigenvalue weighted by Crippen LogP contribution is 2.33.